The molecule has 0 spiro atoms. The van der Waals surface area contributed by atoms with Gasteiger partial charge in [-0.15, -0.1) is 0 Å². The van der Waals surface area contributed by atoms with Crippen LogP contribution in [0.2, 0.25) is 10.0 Å². The summed E-state index contributed by atoms with van der Waals surface area (Å²) in [5, 5.41) is 9.61. The van der Waals surface area contributed by atoms with E-state index in [9.17, 15) is 9.59 Å². The van der Waals surface area contributed by atoms with Gasteiger partial charge in [-0.25, -0.2) is 4.79 Å². The van der Waals surface area contributed by atoms with Gasteiger partial charge in [-0.05, 0) is 29.8 Å². The van der Waals surface area contributed by atoms with Crippen molar-refractivity contribution < 1.29 is 14.7 Å². The van der Waals surface area contributed by atoms with Crippen LogP contribution >= 0.6 is 23.2 Å². The van der Waals surface area contributed by atoms with E-state index in [-0.39, 0.29) is 11.5 Å². The Hall–Kier alpha value is -2.08. The monoisotopic (exact) mass is 392 g/mol. The highest BCUT2D eigenvalue weighted by Crippen LogP contribution is 2.26. The maximum atomic E-state index is 12.6. The molecule has 0 saturated carbocycles. The zero-order valence-corrected chi connectivity index (χ0v) is 15.5. The van der Waals surface area contributed by atoms with E-state index < -0.39 is 5.97 Å². The lowest BCUT2D eigenvalue weighted by atomic mass is 10.1. The summed E-state index contributed by atoms with van der Waals surface area (Å²) in [6, 6.07) is 11.9. The van der Waals surface area contributed by atoms with Gasteiger partial charge in [0.25, 0.3) is 5.91 Å². The molecule has 5 nitrogen and oxygen atoms in total. The topological polar surface area (TPSA) is 60.9 Å². The number of hydrogen-bond donors (Lipinski definition) is 1. The van der Waals surface area contributed by atoms with E-state index >= 15 is 0 Å². The summed E-state index contributed by atoms with van der Waals surface area (Å²) in [4.78, 5) is 27.6. The lowest BCUT2D eigenvalue weighted by molar-refractivity contribution is 0.0628. The molecule has 0 atom stereocenters. The van der Waals surface area contributed by atoms with E-state index in [4.69, 9.17) is 28.3 Å². The molecule has 1 amide bonds. The standard InChI is InChI=1S/C19H18Cl2N2O3/c20-16-3-1-2-15(17(16)21)18(24)23-10-8-22(9-11-23)12-13-4-6-14(7-5-13)19(25)26/h1-7H,8-12H2,(H,25,26). The molecule has 1 saturated heterocycles. The van der Waals surface area contributed by atoms with Gasteiger partial charge in [0.1, 0.15) is 0 Å². The van der Waals surface area contributed by atoms with E-state index in [0.29, 0.717) is 28.7 Å². The summed E-state index contributed by atoms with van der Waals surface area (Å²) >= 11 is 12.1. The second-order valence-electron chi connectivity index (χ2n) is 6.17. The Morgan fingerprint density at radius 1 is 0.962 bits per heavy atom. The Bertz CT molecular complexity index is 816. The third-order valence-corrected chi connectivity index (χ3v) is 5.27. The van der Waals surface area contributed by atoms with E-state index in [1.165, 1.54) is 0 Å². The fourth-order valence-electron chi connectivity index (χ4n) is 2.96. The molecule has 1 fully saturated rings. The highest BCUT2D eigenvalue weighted by atomic mass is 35.5. The van der Waals surface area contributed by atoms with Gasteiger partial charge in [0.05, 0.1) is 21.2 Å². The van der Waals surface area contributed by atoms with Crippen molar-refractivity contribution >= 4 is 35.1 Å². The summed E-state index contributed by atoms with van der Waals surface area (Å²) in [7, 11) is 0. The van der Waals surface area contributed by atoms with Gasteiger partial charge < -0.3 is 10.0 Å². The summed E-state index contributed by atoms with van der Waals surface area (Å²) in [5.74, 6) is -1.04. The number of carbonyl (C=O) groups excluding carboxylic acids is 1. The zero-order chi connectivity index (χ0) is 18.7. The Morgan fingerprint density at radius 3 is 2.23 bits per heavy atom. The number of piperazine rings is 1. The predicted molar refractivity (Wildman–Crippen MR) is 101 cm³/mol. The van der Waals surface area contributed by atoms with Gasteiger partial charge in [0.2, 0.25) is 0 Å². The van der Waals surface area contributed by atoms with Gasteiger partial charge in [-0.1, -0.05) is 41.4 Å². The average Bonchev–Trinajstić information content (AvgIpc) is 2.64. The zero-order valence-electron chi connectivity index (χ0n) is 14.0. The van der Waals surface area contributed by atoms with Crippen LogP contribution in [-0.2, 0) is 6.54 Å². The SMILES string of the molecule is O=C(O)c1ccc(CN2CCN(C(=O)c3cccc(Cl)c3Cl)CC2)cc1. The smallest absolute Gasteiger partial charge is 0.335 e. The number of rotatable bonds is 4. The van der Waals surface area contributed by atoms with Gasteiger partial charge in [-0.3, -0.25) is 9.69 Å². The number of aromatic carboxylic acids is 1. The number of nitrogens with zero attached hydrogens (tertiary/aromatic N) is 2. The number of hydrogen-bond acceptors (Lipinski definition) is 3. The van der Waals surface area contributed by atoms with Crippen molar-refractivity contribution in [2.45, 2.75) is 6.54 Å². The lowest BCUT2D eigenvalue weighted by Crippen LogP contribution is -2.48. The van der Waals surface area contributed by atoms with Gasteiger partial charge in [-0.2, -0.15) is 0 Å². The van der Waals surface area contributed by atoms with Crippen molar-refractivity contribution in [3.05, 3.63) is 69.2 Å². The summed E-state index contributed by atoms with van der Waals surface area (Å²) < 4.78 is 0. The molecule has 7 heteroatoms. The van der Waals surface area contributed by atoms with Crippen molar-refractivity contribution in [2.24, 2.45) is 0 Å². The van der Waals surface area contributed by atoms with Crippen molar-refractivity contribution in [2.75, 3.05) is 26.2 Å². The molecule has 1 N–H and O–H groups in total. The van der Waals surface area contributed by atoms with E-state index in [1.54, 1.807) is 35.2 Å². The maximum absolute atomic E-state index is 12.6. The quantitative estimate of drug-likeness (QED) is 0.862. The van der Waals surface area contributed by atoms with Gasteiger partial charge in [0, 0.05) is 32.7 Å². The van der Waals surface area contributed by atoms with Crippen LogP contribution in [0.25, 0.3) is 0 Å². The first-order valence-corrected chi connectivity index (χ1v) is 8.99. The lowest BCUT2D eigenvalue weighted by Gasteiger charge is -2.35. The normalized spacial score (nSPS) is 15.1. The molecular formula is C19H18Cl2N2O3. The van der Waals surface area contributed by atoms with Crippen LogP contribution < -0.4 is 0 Å². The molecule has 26 heavy (non-hydrogen) atoms. The highest BCUT2D eigenvalue weighted by Gasteiger charge is 2.24. The Labute approximate surface area is 161 Å². The van der Waals surface area contributed by atoms with Crippen LogP contribution in [0.3, 0.4) is 0 Å². The molecule has 1 heterocycles. The average molecular weight is 393 g/mol. The molecular weight excluding hydrogens is 375 g/mol. The first-order valence-electron chi connectivity index (χ1n) is 8.23. The maximum Gasteiger partial charge on any atom is 0.335 e. The molecule has 2 aromatic rings. The summed E-state index contributed by atoms with van der Waals surface area (Å²) in [5.41, 5.74) is 1.76. The number of carboxylic acid groups (broad SMARTS) is 1. The number of carbonyl (C=O) groups is 2. The molecule has 136 valence electrons. The van der Waals surface area contributed by atoms with Crippen molar-refractivity contribution in [1.29, 1.82) is 0 Å². The predicted octanol–water partition coefficient (Wildman–Crippen LogP) is 3.65. The minimum Gasteiger partial charge on any atom is -0.478 e. The molecule has 0 aliphatic carbocycles. The molecule has 1 aliphatic rings. The van der Waals surface area contributed by atoms with Crippen LogP contribution in [0.1, 0.15) is 26.3 Å². The molecule has 2 aromatic carbocycles. The molecule has 3 rings (SSSR count). The van der Waals surface area contributed by atoms with E-state index in [1.807, 2.05) is 12.1 Å². The van der Waals surface area contributed by atoms with E-state index in [0.717, 1.165) is 25.2 Å². The molecule has 0 aromatic heterocycles. The van der Waals surface area contributed by atoms with Crippen molar-refractivity contribution in [1.82, 2.24) is 9.80 Å². The third kappa shape index (κ3) is 4.18. The minimum atomic E-state index is -0.927. The fraction of sp³-hybridized carbons (Fsp3) is 0.263. The number of carboxylic acids is 1. The fourth-order valence-corrected chi connectivity index (χ4v) is 3.34. The van der Waals surface area contributed by atoms with Gasteiger partial charge >= 0.3 is 5.97 Å². The van der Waals surface area contributed by atoms with Gasteiger partial charge in [0.15, 0.2) is 0 Å². The Morgan fingerprint density at radius 2 is 1.62 bits per heavy atom. The van der Waals surface area contributed by atoms with Crippen LogP contribution in [0.5, 0.6) is 0 Å². The number of amides is 1. The van der Waals surface area contributed by atoms with Crippen LogP contribution in [0.15, 0.2) is 42.5 Å². The Balaban J connectivity index is 1.58. The minimum absolute atomic E-state index is 0.108. The first-order chi connectivity index (χ1) is 12.5. The third-order valence-electron chi connectivity index (χ3n) is 4.45. The first kappa shape index (κ1) is 18.7. The number of benzene rings is 2. The van der Waals surface area contributed by atoms with Crippen LogP contribution in [0.4, 0.5) is 0 Å². The highest BCUT2D eigenvalue weighted by molar-refractivity contribution is 6.43. The van der Waals surface area contributed by atoms with Crippen molar-refractivity contribution in [3.63, 3.8) is 0 Å². The largest absolute Gasteiger partial charge is 0.478 e. The second kappa shape index (κ2) is 8.08. The molecule has 1 aliphatic heterocycles. The van der Waals surface area contributed by atoms with Crippen molar-refractivity contribution in [3.8, 4) is 0 Å². The summed E-state index contributed by atoms with van der Waals surface area (Å²) in [6.07, 6.45) is 0. The van der Waals surface area contributed by atoms with Crippen LogP contribution in [-0.4, -0.2) is 53.0 Å². The van der Waals surface area contributed by atoms with Crippen LogP contribution in [0, 0.1) is 0 Å². The molecule has 0 radical (unpaired) electrons. The molecule has 0 bridgehead atoms. The van der Waals surface area contributed by atoms with E-state index in [2.05, 4.69) is 4.90 Å². The summed E-state index contributed by atoms with van der Waals surface area (Å²) in [6.45, 7) is 3.42. The number of halogens is 2. The second-order valence-corrected chi connectivity index (χ2v) is 6.96. The Kier molecular flexibility index (Phi) is 5.81. The molecule has 0 unspecified atom stereocenters.